The molecule has 2 aromatic carbocycles. The summed E-state index contributed by atoms with van der Waals surface area (Å²) in [5.41, 5.74) is 2.18. The van der Waals surface area contributed by atoms with E-state index in [1.165, 1.54) is 7.11 Å². The molecule has 1 fully saturated rings. The van der Waals surface area contributed by atoms with E-state index < -0.39 is 11.4 Å². The summed E-state index contributed by atoms with van der Waals surface area (Å²) in [5.74, 6) is -0.946. The number of carbonyl (C=O) groups is 2. The van der Waals surface area contributed by atoms with Gasteiger partial charge >= 0.3 is 5.97 Å². The van der Waals surface area contributed by atoms with Crippen LogP contribution in [-0.2, 0) is 20.7 Å². The molecule has 26 heavy (non-hydrogen) atoms. The van der Waals surface area contributed by atoms with Gasteiger partial charge in [-0.05, 0) is 23.1 Å². The summed E-state index contributed by atoms with van der Waals surface area (Å²) < 4.78 is 5.07. The van der Waals surface area contributed by atoms with Crippen molar-refractivity contribution in [1.29, 1.82) is 0 Å². The maximum atomic E-state index is 12.6. The summed E-state index contributed by atoms with van der Waals surface area (Å²) in [4.78, 5) is 25.8. The minimum Gasteiger partial charge on any atom is -0.481 e. The van der Waals surface area contributed by atoms with Crippen LogP contribution in [0, 0.1) is 5.41 Å². The molecule has 0 radical (unpaired) electrons. The first-order valence-electron chi connectivity index (χ1n) is 8.68. The van der Waals surface area contributed by atoms with E-state index in [2.05, 4.69) is 0 Å². The highest BCUT2D eigenvalue weighted by molar-refractivity contribution is 5.82. The molecule has 1 aliphatic rings. The van der Waals surface area contributed by atoms with Crippen molar-refractivity contribution < 1.29 is 19.4 Å². The fourth-order valence-electron chi connectivity index (χ4n) is 3.45. The van der Waals surface area contributed by atoms with Crippen molar-refractivity contribution in [2.75, 3.05) is 26.8 Å². The number of aliphatic carboxylic acids is 1. The summed E-state index contributed by atoms with van der Waals surface area (Å²) in [6.45, 7) is 0.783. The first kappa shape index (κ1) is 18.1. The third-order valence-electron chi connectivity index (χ3n) is 5.00. The van der Waals surface area contributed by atoms with Gasteiger partial charge in [-0.3, -0.25) is 9.59 Å². The number of likely N-dealkylation sites (tertiary alicyclic amines) is 1. The Balaban J connectivity index is 1.64. The van der Waals surface area contributed by atoms with E-state index in [-0.39, 0.29) is 25.5 Å². The Kier molecular flexibility index (Phi) is 5.38. The standard InChI is InChI=1S/C21H23NO4/c1-26-15-21(20(24)25)11-12-22(14-21)19(23)13-16-7-9-18(10-8-16)17-5-3-2-4-6-17/h2-10H,11-15H2,1H3,(H,24,25). The molecule has 0 bridgehead atoms. The largest absolute Gasteiger partial charge is 0.481 e. The number of methoxy groups -OCH3 is 1. The Morgan fingerprint density at radius 2 is 1.73 bits per heavy atom. The van der Waals surface area contributed by atoms with Crippen LogP contribution < -0.4 is 0 Å². The molecule has 1 unspecified atom stereocenters. The third kappa shape index (κ3) is 3.78. The number of hydrogen-bond donors (Lipinski definition) is 1. The van der Waals surface area contributed by atoms with Crippen molar-refractivity contribution >= 4 is 11.9 Å². The minimum atomic E-state index is -0.985. The molecule has 136 valence electrons. The third-order valence-corrected chi connectivity index (χ3v) is 5.00. The molecule has 0 spiro atoms. The van der Waals surface area contributed by atoms with E-state index >= 15 is 0 Å². The molecule has 2 aromatic rings. The van der Waals surface area contributed by atoms with Crippen molar-refractivity contribution in [3.63, 3.8) is 0 Å². The average molecular weight is 353 g/mol. The second kappa shape index (κ2) is 7.70. The van der Waals surface area contributed by atoms with Gasteiger partial charge in [0.05, 0.1) is 13.0 Å². The molecule has 5 heteroatoms. The summed E-state index contributed by atoms with van der Waals surface area (Å²) in [7, 11) is 1.49. The fraction of sp³-hybridized carbons (Fsp3) is 0.333. The summed E-state index contributed by atoms with van der Waals surface area (Å²) in [6, 6.07) is 18.0. The Bertz CT molecular complexity index is 772. The number of amides is 1. The van der Waals surface area contributed by atoms with Gasteiger partial charge < -0.3 is 14.7 Å². The zero-order valence-corrected chi connectivity index (χ0v) is 14.9. The highest BCUT2D eigenvalue weighted by Gasteiger charge is 2.46. The van der Waals surface area contributed by atoms with E-state index in [0.717, 1.165) is 16.7 Å². The summed E-state index contributed by atoms with van der Waals surface area (Å²) >= 11 is 0. The lowest BCUT2D eigenvalue weighted by Crippen LogP contribution is -2.40. The molecule has 1 N–H and O–H groups in total. The lowest BCUT2D eigenvalue weighted by molar-refractivity contribution is -0.151. The van der Waals surface area contributed by atoms with Crippen molar-refractivity contribution in [3.8, 4) is 11.1 Å². The minimum absolute atomic E-state index is 0.0447. The zero-order chi connectivity index (χ0) is 18.6. The lowest BCUT2D eigenvalue weighted by Gasteiger charge is -2.23. The molecule has 0 aromatic heterocycles. The Hall–Kier alpha value is -2.66. The predicted octanol–water partition coefficient (Wildman–Crippen LogP) is 2.85. The molecule has 0 saturated carbocycles. The fourth-order valence-corrected chi connectivity index (χ4v) is 3.45. The van der Waals surface area contributed by atoms with Crippen molar-refractivity contribution in [3.05, 3.63) is 60.2 Å². The van der Waals surface area contributed by atoms with Crippen molar-refractivity contribution in [2.24, 2.45) is 5.41 Å². The van der Waals surface area contributed by atoms with Gasteiger partial charge in [0, 0.05) is 20.2 Å². The van der Waals surface area contributed by atoms with Gasteiger partial charge in [-0.15, -0.1) is 0 Å². The molecule has 0 aliphatic carbocycles. The number of hydrogen-bond acceptors (Lipinski definition) is 3. The van der Waals surface area contributed by atoms with Crippen LogP contribution in [0.4, 0.5) is 0 Å². The number of carboxylic acid groups (broad SMARTS) is 1. The molecule has 1 saturated heterocycles. The van der Waals surface area contributed by atoms with Gasteiger partial charge in [0.1, 0.15) is 5.41 Å². The molecule has 1 heterocycles. The van der Waals surface area contributed by atoms with E-state index in [1.807, 2.05) is 54.6 Å². The highest BCUT2D eigenvalue weighted by Crippen LogP contribution is 2.31. The van der Waals surface area contributed by atoms with Crippen LogP contribution in [0.5, 0.6) is 0 Å². The van der Waals surface area contributed by atoms with Crippen LogP contribution >= 0.6 is 0 Å². The number of benzene rings is 2. The van der Waals surface area contributed by atoms with E-state index in [0.29, 0.717) is 13.0 Å². The van der Waals surface area contributed by atoms with Crippen LogP contribution in [0.15, 0.2) is 54.6 Å². The number of carboxylic acids is 1. The maximum Gasteiger partial charge on any atom is 0.313 e. The molecule has 5 nitrogen and oxygen atoms in total. The predicted molar refractivity (Wildman–Crippen MR) is 98.7 cm³/mol. The van der Waals surface area contributed by atoms with Crippen LogP contribution in [0.3, 0.4) is 0 Å². The first-order valence-corrected chi connectivity index (χ1v) is 8.68. The van der Waals surface area contributed by atoms with Gasteiger partial charge in [-0.25, -0.2) is 0 Å². The van der Waals surface area contributed by atoms with Gasteiger partial charge in [-0.1, -0.05) is 54.6 Å². The van der Waals surface area contributed by atoms with Crippen LogP contribution in [0.1, 0.15) is 12.0 Å². The normalized spacial score (nSPS) is 19.5. The number of rotatable bonds is 6. The van der Waals surface area contributed by atoms with E-state index in [4.69, 9.17) is 4.74 Å². The quantitative estimate of drug-likeness (QED) is 0.867. The highest BCUT2D eigenvalue weighted by atomic mass is 16.5. The van der Waals surface area contributed by atoms with Gasteiger partial charge in [-0.2, -0.15) is 0 Å². The SMILES string of the molecule is COCC1(C(=O)O)CCN(C(=O)Cc2ccc(-c3ccccc3)cc2)C1. The maximum absolute atomic E-state index is 12.6. The van der Waals surface area contributed by atoms with E-state index in [1.54, 1.807) is 4.90 Å². The molecule has 1 atom stereocenters. The Morgan fingerprint density at radius 1 is 1.08 bits per heavy atom. The summed E-state index contributed by atoms with van der Waals surface area (Å²) in [6.07, 6.45) is 0.701. The smallest absolute Gasteiger partial charge is 0.313 e. The number of ether oxygens (including phenoxy) is 1. The molecule has 3 rings (SSSR count). The molecular formula is C21H23NO4. The van der Waals surface area contributed by atoms with E-state index in [9.17, 15) is 14.7 Å². The van der Waals surface area contributed by atoms with Crippen LogP contribution in [0.2, 0.25) is 0 Å². The molecular weight excluding hydrogens is 330 g/mol. The second-order valence-corrected chi connectivity index (χ2v) is 6.82. The number of carbonyl (C=O) groups excluding carboxylic acids is 1. The van der Waals surface area contributed by atoms with Gasteiger partial charge in [0.15, 0.2) is 0 Å². The average Bonchev–Trinajstić information content (AvgIpc) is 3.09. The van der Waals surface area contributed by atoms with Gasteiger partial charge in [0.25, 0.3) is 0 Å². The zero-order valence-electron chi connectivity index (χ0n) is 14.9. The van der Waals surface area contributed by atoms with Crippen molar-refractivity contribution in [2.45, 2.75) is 12.8 Å². The van der Waals surface area contributed by atoms with Gasteiger partial charge in [0.2, 0.25) is 5.91 Å². The summed E-state index contributed by atoms with van der Waals surface area (Å²) in [5, 5.41) is 9.50. The monoisotopic (exact) mass is 353 g/mol. The first-order chi connectivity index (χ1) is 12.5. The number of nitrogens with zero attached hydrogens (tertiary/aromatic N) is 1. The molecule has 1 amide bonds. The molecule has 1 aliphatic heterocycles. The van der Waals surface area contributed by atoms with Crippen LogP contribution in [0.25, 0.3) is 11.1 Å². The second-order valence-electron chi connectivity index (χ2n) is 6.82. The van der Waals surface area contributed by atoms with Crippen LogP contribution in [-0.4, -0.2) is 48.7 Å². The van der Waals surface area contributed by atoms with Crippen molar-refractivity contribution in [1.82, 2.24) is 4.90 Å². The Labute approximate surface area is 153 Å². The topological polar surface area (TPSA) is 66.8 Å². The lowest BCUT2D eigenvalue weighted by atomic mass is 9.88. The Morgan fingerprint density at radius 3 is 2.35 bits per heavy atom.